The number of nitrogens with zero attached hydrogens (tertiary/aromatic N) is 2. The number of hydrogen-bond acceptors (Lipinski definition) is 5. The van der Waals surface area contributed by atoms with Crippen LogP contribution in [0.15, 0.2) is 54.6 Å². The summed E-state index contributed by atoms with van der Waals surface area (Å²) in [6, 6.07) is 16.7. The van der Waals surface area contributed by atoms with Crippen LogP contribution < -0.4 is 5.32 Å². The quantitative estimate of drug-likeness (QED) is 0.413. The minimum absolute atomic E-state index is 0.00775. The first-order valence-corrected chi connectivity index (χ1v) is 13.2. The van der Waals surface area contributed by atoms with Crippen LogP contribution in [0.1, 0.15) is 32.1 Å². The summed E-state index contributed by atoms with van der Waals surface area (Å²) in [7, 11) is -3.07. The Morgan fingerprint density at radius 3 is 2.34 bits per heavy atom. The van der Waals surface area contributed by atoms with Crippen LogP contribution in [0, 0.1) is 6.92 Å². The first-order valence-electron chi connectivity index (χ1n) is 9.93. The van der Waals surface area contributed by atoms with Gasteiger partial charge in [-0.25, -0.2) is 8.42 Å². The fourth-order valence-electron chi connectivity index (χ4n) is 3.42. The van der Waals surface area contributed by atoms with Crippen molar-refractivity contribution in [2.75, 3.05) is 6.26 Å². The zero-order valence-electron chi connectivity index (χ0n) is 17.6. The second-order valence-electron chi connectivity index (χ2n) is 7.77. The van der Waals surface area contributed by atoms with Crippen LogP contribution in [0.3, 0.4) is 0 Å². The van der Waals surface area contributed by atoms with E-state index in [0.717, 1.165) is 32.6 Å². The monoisotopic (exact) mass is 487 g/mol. The molecule has 0 saturated carbocycles. The summed E-state index contributed by atoms with van der Waals surface area (Å²) in [6.45, 7) is 2.90. The third-order valence-corrected chi connectivity index (χ3v) is 7.24. The van der Waals surface area contributed by atoms with Crippen molar-refractivity contribution < 1.29 is 13.2 Å². The Bertz CT molecular complexity index is 1370. The van der Waals surface area contributed by atoms with Gasteiger partial charge in [0.2, 0.25) is 0 Å². The summed E-state index contributed by atoms with van der Waals surface area (Å²) < 4.78 is 24.7. The second kappa shape index (κ2) is 9.05. The molecule has 0 radical (unpaired) electrons. The summed E-state index contributed by atoms with van der Waals surface area (Å²) >= 11 is 7.38. The van der Waals surface area contributed by atoms with Crippen LogP contribution in [0.4, 0.5) is 0 Å². The number of fused-ring (bicyclic) bond motifs is 1. The highest BCUT2D eigenvalue weighted by atomic mass is 35.5. The summed E-state index contributed by atoms with van der Waals surface area (Å²) in [5.74, 6) is -0.141. The Hall–Kier alpha value is -2.68. The normalized spacial score (nSPS) is 11.7. The number of hydrogen-bond donors (Lipinski definition) is 1. The van der Waals surface area contributed by atoms with E-state index in [0.29, 0.717) is 23.0 Å². The molecular formula is C23H22ClN3O3S2. The maximum atomic E-state index is 12.7. The molecule has 32 heavy (non-hydrogen) atoms. The lowest BCUT2D eigenvalue weighted by molar-refractivity contribution is 0.0955. The Morgan fingerprint density at radius 2 is 1.69 bits per heavy atom. The van der Waals surface area contributed by atoms with Gasteiger partial charge in [0.15, 0.2) is 9.84 Å². The van der Waals surface area contributed by atoms with Crippen molar-refractivity contribution in [2.45, 2.75) is 25.8 Å². The lowest BCUT2D eigenvalue weighted by atomic mass is 10.1. The van der Waals surface area contributed by atoms with Crippen LogP contribution in [0.5, 0.6) is 0 Å². The van der Waals surface area contributed by atoms with Gasteiger partial charge in [0.25, 0.3) is 5.91 Å². The van der Waals surface area contributed by atoms with E-state index in [1.54, 1.807) is 12.1 Å². The standard InChI is InChI=1S/C23H22ClN3O3S2/c1-15-20-11-21(31-23(20)27(26-15)13-17-7-9-19(24)10-8-17)22(28)25-12-16-3-5-18(6-4-16)14-32(2,29)30/h3-11H,12-14H2,1-2H3,(H,25,28). The molecule has 0 atom stereocenters. The van der Waals surface area contributed by atoms with Gasteiger partial charge in [-0.05, 0) is 41.8 Å². The third-order valence-electron chi connectivity index (χ3n) is 4.98. The number of carbonyl (C=O) groups excluding carboxylic acids is 1. The van der Waals surface area contributed by atoms with Crippen LogP contribution in [-0.2, 0) is 28.7 Å². The highest BCUT2D eigenvalue weighted by Gasteiger charge is 2.16. The minimum Gasteiger partial charge on any atom is -0.347 e. The molecule has 4 aromatic rings. The van der Waals surface area contributed by atoms with Crippen LogP contribution >= 0.6 is 22.9 Å². The molecule has 1 amide bonds. The van der Waals surface area contributed by atoms with Crippen molar-refractivity contribution >= 4 is 48.9 Å². The van der Waals surface area contributed by atoms with E-state index in [1.165, 1.54) is 17.6 Å². The molecule has 0 saturated heterocycles. The SMILES string of the molecule is Cc1nn(Cc2ccc(Cl)cc2)c2sc(C(=O)NCc3ccc(CS(C)(=O)=O)cc3)cc12. The van der Waals surface area contributed by atoms with Gasteiger partial charge in [0.05, 0.1) is 22.9 Å². The summed E-state index contributed by atoms with van der Waals surface area (Å²) in [4.78, 5) is 14.3. The van der Waals surface area contributed by atoms with Gasteiger partial charge in [0, 0.05) is 23.2 Å². The number of halogens is 1. The van der Waals surface area contributed by atoms with E-state index in [9.17, 15) is 13.2 Å². The average molecular weight is 488 g/mol. The molecule has 0 aliphatic heterocycles. The summed E-state index contributed by atoms with van der Waals surface area (Å²) in [5, 5.41) is 9.21. The van der Waals surface area contributed by atoms with Gasteiger partial charge in [-0.15, -0.1) is 11.3 Å². The largest absolute Gasteiger partial charge is 0.347 e. The fourth-order valence-corrected chi connectivity index (χ4v) is 5.42. The van der Waals surface area contributed by atoms with E-state index in [-0.39, 0.29) is 11.7 Å². The smallest absolute Gasteiger partial charge is 0.261 e. The lowest BCUT2D eigenvalue weighted by Gasteiger charge is -2.06. The van der Waals surface area contributed by atoms with Crippen molar-refractivity contribution in [3.63, 3.8) is 0 Å². The van der Waals surface area contributed by atoms with Crippen LogP contribution in [0.2, 0.25) is 5.02 Å². The first-order chi connectivity index (χ1) is 15.2. The van der Waals surface area contributed by atoms with Crippen LogP contribution in [0.25, 0.3) is 10.2 Å². The number of aryl methyl sites for hydroxylation is 1. The lowest BCUT2D eigenvalue weighted by Crippen LogP contribution is -2.21. The van der Waals surface area contributed by atoms with E-state index >= 15 is 0 Å². The highest BCUT2D eigenvalue weighted by molar-refractivity contribution is 7.89. The minimum atomic E-state index is -3.07. The molecule has 0 bridgehead atoms. The van der Waals surface area contributed by atoms with Gasteiger partial charge < -0.3 is 5.32 Å². The molecule has 6 nitrogen and oxygen atoms in total. The van der Waals surface area contributed by atoms with Crippen molar-refractivity contribution in [3.05, 3.63) is 86.9 Å². The Balaban J connectivity index is 1.45. The van der Waals surface area contributed by atoms with Crippen molar-refractivity contribution in [3.8, 4) is 0 Å². The number of amides is 1. The van der Waals surface area contributed by atoms with Crippen molar-refractivity contribution in [1.82, 2.24) is 15.1 Å². The molecule has 166 valence electrons. The number of rotatable bonds is 7. The van der Waals surface area contributed by atoms with Crippen LogP contribution in [-0.4, -0.2) is 30.4 Å². The number of thiophene rings is 1. The molecule has 0 fully saturated rings. The Kier molecular flexibility index (Phi) is 6.37. The Labute approximate surface area is 195 Å². The van der Waals surface area contributed by atoms with Gasteiger partial charge >= 0.3 is 0 Å². The third kappa shape index (κ3) is 5.38. The van der Waals surface area contributed by atoms with Gasteiger partial charge in [-0.2, -0.15) is 5.10 Å². The van der Waals surface area contributed by atoms with E-state index in [1.807, 2.05) is 54.1 Å². The van der Waals surface area contributed by atoms with Gasteiger partial charge in [0.1, 0.15) is 4.83 Å². The van der Waals surface area contributed by atoms with E-state index < -0.39 is 9.84 Å². The molecule has 0 aliphatic carbocycles. The Morgan fingerprint density at radius 1 is 1.06 bits per heavy atom. The molecule has 2 heterocycles. The average Bonchev–Trinajstić information content (AvgIpc) is 3.29. The molecule has 2 aromatic carbocycles. The molecule has 2 aromatic heterocycles. The number of aromatic nitrogens is 2. The van der Waals surface area contributed by atoms with Gasteiger partial charge in [-0.1, -0.05) is 48.0 Å². The predicted octanol–water partition coefficient (Wildman–Crippen LogP) is 4.58. The molecule has 0 unspecified atom stereocenters. The molecule has 1 N–H and O–H groups in total. The molecule has 4 rings (SSSR count). The van der Waals surface area contributed by atoms with Gasteiger partial charge in [-0.3, -0.25) is 9.48 Å². The maximum Gasteiger partial charge on any atom is 0.261 e. The molecule has 9 heteroatoms. The highest BCUT2D eigenvalue weighted by Crippen LogP contribution is 2.29. The number of carbonyl (C=O) groups is 1. The summed E-state index contributed by atoms with van der Waals surface area (Å²) in [6.07, 6.45) is 1.21. The number of benzene rings is 2. The topological polar surface area (TPSA) is 81.1 Å². The molecule has 0 spiro atoms. The summed E-state index contributed by atoms with van der Waals surface area (Å²) in [5.41, 5.74) is 3.60. The fraction of sp³-hybridized carbons (Fsp3) is 0.217. The van der Waals surface area contributed by atoms with E-state index in [2.05, 4.69) is 10.4 Å². The van der Waals surface area contributed by atoms with Crippen molar-refractivity contribution in [1.29, 1.82) is 0 Å². The van der Waals surface area contributed by atoms with E-state index in [4.69, 9.17) is 11.6 Å². The predicted molar refractivity (Wildman–Crippen MR) is 129 cm³/mol. The molecular weight excluding hydrogens is 466 g/mol. The zero-order valence-corrected chi connectivity index (χ0v) is 20.0. The maximum absolute atomic E-state index is 12.7. The first kappa shape index (κ1) is 22.5. The molecule has 0 aliphatic rings. The van der Waals surface area contributed by atoms with Crippen molar-refractivity contribution in [2.24, 2.45) is 0 Å². The number of nitrogens with one attached hydrogen (secondary N) is 1. The number of sulfone groups is 1. The zero-order chi connectivity index (χ0) is 22.9. The second-order valence-corrected chi connectivity index (χ2v) is 11.4.